The molecule has 426 valence electrons. The number of nitrogens with zero attached hydrogens (tertiary/aromatic N) is 2. The summed E-state index contributed by atoms with van der Waals surface area (Å²) in [5.74, 6) is 0. The Morgan fingerprint density at radius 2 is 0.791 bits per heavy atom. The number of hydrogen-bond donors (Lipinski definition) is 0. The maximum Gasteiger partial charge on any atom is 0.252 e. The summed E-state index contributed by atoms with van der Waals surface area (Å²) in [6.07, 6.45) is 0. The smallest absolute Gasteiger partial charge is 0.252 e. The van der Waals surface area contributed by atoms with Gasteiger partial charge in [-0.15, -0.1) is 0 Å². The Kier molecular flexibility index (Phi) is 10.5. The second-order valence-electron chi connectivity index (χ2n) is 32.6. The largest absolute Gasteiger partial charge is 0.310 e. The SMILES string of the molecule is CC(C)(C)c1ccc2c(c1)C1(c3cc(C(C)(C)C)ccc3-2)c2cc(-c3cccc4cc(-c5ccccc5)ccc34)c3c4c2-n2c5c(cc(C(C)(C)C)cc5c5cc(C(C)(C)C)cc1c52)B4c1cc(C(C)(C)C)cc2c4cc(C(C)(C)C)ccc4n-3c12. The average Bonchev–Trinajstić information content (AvgIpc) is 1.39. The van der Waals surface area contributed by atoms with Gasteiger partial charge in [0.1, 0.15) is 0 Å². The fraction of sp³-hybridized carbons (Fsp3) is 0.301. The van der Waals surface area contributed by atoms with Crippen molar-refractivity contribution < 1.29 is 0 Å². The number of fused-ring (bicyclic) bond motifs is 15. The monoisotopic (exact) mass is 1120 g/mol. The lowest BCUT2D eigenvalue weighted by molar-refractivity contribution is 0.583. The van der Waals surface area contributed by atoms with Crippen molar-refractivity contribution >= 4 is 77.5 Å². The summed E-state index contributed by atoms with van der Waals surface area (Å²) in [6.45, 7) is 43.3. The second kappa shape index (κ2) is 16.8. The van der Waals surface area contributed by atoms with Crippen LogP contribution in [0.2, 0.25) is 0 Å². The molecule has 1 aliphatic carbocycles. The zero-order valence-corrected chi connectivity index (χ0v) is 54.1. The van der Waals surface area contributed by atoms with E-state index in [1.807, 2.05) is 0 Å². The molecule has 0 radical (unpaired) electrons. The van der Waals surface area contributed by atoms with Gasteiger partial charge in [-0.05, 0) is 186 Å². The molecule has 3 heteroatoms. The Balaban J connectivity index is 1.21. The summed E-state index contributed by atoms with van der Waals surface area (Å²) >= 11 is 0. The van der Waals surface area contributed by atoms with Gasteiger partial charge >= 0.3 is 0 Å². The summed E-state index contributed by atoms with van der Waals surface area (Å²) < 4.78 is 5.63. The van der Waals surface area contributed by atoms with Gasteiger partial charge in [-0.2, -0.15) is 0 Å². The van der Waals surface area contributed by atoms with Crippen LogP contribution in [0, 0.1) is 0 Å². The minimum atomic E-state index is -0.723. The number of rotatable bonds is 2. The molecule has 0 atom stereocenters. The van der Waals surface area contributed by atoms with Crippen LogP contribution in [0.1, 0.15) is 180 Å². The van der Waals surface area contributed by atoms with Crippen LogP contribution in [-0.4, -0.2) is 15.8 Å². The van der Waals surface area contributed by atoms with E-state index in [0.717, 1.165) is 0 Å². The van der Waals surface area contributed by atoms with E-state index in [1.165, 1.54) is 171 Å². The molecule has 0 unspecified atom stereocenters. The van der Waals surface area contributed by atoms with Crippen molar-refractivity contribution in [2.45, 2.75) is 163 Å². The Morgan fingerprint density at radius 1 is 0.302 bits per heavy atom. The predicted octanol–water partition coefficient (Wildman–Crippen LogP) is 20.0. The standard InChI is InChI=1S/C83H81BN2/c1-77(2,3)49-30-34-70-59(36-49)60-38-53(81(13,14)15)43-68-73(60)85(70)75-63(56-26-22-25-48-35-47(27-31-55(48)56)46-23-20-19-21-24-46)45-67-76-71(75)84(68)69-44-54(82(16,17)18)39-62-61-37-52(80(10,11)12)42-66(72(61)86(76)74(62)69)83(67)64-40-50(78(4,5)6)28-32-57(64)58-33-29-51(41-65(58)83)79(7,8)9/h19-45H,1-18H3. The maximum atomic E-state index is 2.85. The zero-order chi connectivity index (χ0) is 60.2. The third-order valence-corrected chi connectivity index (χ3v) is 21.0. The summed E-state index contributed by atoms with van der Waals surface area (Å²) in [5, 5.41) is 7.91. The quantitative estimate of drug-likeness (QED) is 0.153. The van der Waals surface area contributed by atoms with E-state index in [-0.39, 0.29) is 39.2 Å². The lowest BCUT2D eigenvalue weighted by Gasteiger charge is -2.45. The lowest BCUT2D eigenvalue weighted by Crippen LogP contribution is -2.61. The highest BCUT2D eigenvalue weighted by atomic mass is 15.1. The third kappa shape index (κ3) is 7.09. The fourth-order valence-electron chi connectivity index (χ4n) is 16.1. The highest BCUT2D eigenvalue weighted by Gasteiger charge is 2.56. The highest BCUT2D eigenvalue weighted by molar-refractivity contribution is 7.00. The van der Waals surface area contributed by atoms with Crippen LogP contribution < -0.4 is 16.4 Å². The third-order valence-electron chi connectivity index (χ3n) is 21.0. The molecule has 0 saturated carbocycles. The van der Waals surface area contributed by atoms with E-state index in [2.05, 4.69) is 298 Å². The van der Waals surface area contributed by atoms with Crippen LogP contribution in [-0.2, 0) is 37.9 Å². The van der Waals surface area contributed by atoms with Crippen LogP contribution in [0.25, 0.3) is 99.1 Å². The van der Waals surface area contributed by atoms with E-state index in [9.17, 15) is 0 Å². The lowest BCUT2D eigenvalue weighted by atomic mass is 9.33. The molecule has 1 spiro atoms. The molecule has 10 aromatic carbocycles. The van der Waals surface area contributed by atoms with Crippen molar-refractivity contribution in [1.29, 1.82) is 0 Å². The van der Waals surface area contributed by atoms with Crippen LogP contribution in [0.4, 0.5) is 0 Å². The van der Waals surface area contributed by atoms with Crippen LogP contribution in [0.5, 0.6) is 0 Å². The van der Waals surface area contributed by atoms with Crippen molar-refractivity contribution in [2.75, 3.05) is 0 Å². The van der Waals surface area contributed by atoms with Crippen molar-refractivity contribution in [1.82, 2.24) is 9.13 Å². The summed E-state index contributed by atoms with van der Waals surface area (Å²) in [7, 11) is 0. The number of aromatic nitrogens is 2. The second-order valence-corrected chi connectivity index (χ2v) is 32.6. The molecule has 16 rings (SSSR count). The van der Waals surface area contributed by atoms with Gasteiger partial charge in [0.15, 0.2) is 0 Å². The van der Waals surface area contributed by atoms with Crippen molar-refractivity contribution in [3.63, 3.8) is 0 Å². The minimum Gasteiger partial charge on any atom is -0.310 e. The number of hydrogen-bond acceptors (Lipinski definition) is 0. The van der Waals surface area contributed by atoms with Crippen molar-refractivity contribution in [3.05, 3.63) is 219 Å². The van der Waals surface area contributed by atoms with Crippen LogP contribution in [0.15, 0.2) is 164 Å². The van der Waals surface area contributed by atoms with Gasteiger partial charge in [0.25, 0.3) is 6.71 Å². The topological polar surface area (TPSA) is 9.86 Å². The van der Waals surface area contributed by atoms with Crippen LogP contribution in [0.3, 0.4) is 0 Å². The number of benzene rings is 10. The van der Waals surface area contributed by atoms with Crippen LogP contribution >= 0.6 is 0 Å². The van der Waals surface area contributed by atoms with Gasteiger partial charge in [-0.3, -0.25) is 0 Å². The molecule has 0 bridgehead atoms. The molecular weight excluding hydrogens is 1040 g/mol. The van der Waals surface area contributed by atoms with Gasteiger partial charge in [0.2, 0.25) is 0 Å². The molecule has 0 amide bonds. The molecule has 2 aromatic heterocycles. The van der Waals surface area contributed by atoms with Gasteiger partial charge in [-0.1, -0.05) is 246 Å². The molecule has 12 aromatic rings. The molecule has 0 N–H and O–H groups in total. The average molecular weight is 1120 g/mol. The Labute approximate surface area is 510 Å². The minimum absolute atomic E-state index is 0.0432. The first kappa shape index (κ1) is 53.6. The van der Waals surface area contributed by atoms with Crippen molar-refractivity contribution in [2.24, 2.45) is 0 Å². The molecule has 2 nitrogen and oxygen atoms in total. The van der Waals surface area contributed by atoms with Crippen molar-refractivity contribution in [3.8, 4) is 44.8 Å². The molecule has 0 saturated heterocycles. The Bertz CT molecular complexity index is 4960. The summed E-state index contributed by atoms with van der Waals surface area (Å²) in [5.41, 5.74) is 32.3. The molecule has 0 fully saturated rings. The Hall–Kier alpha value is -7.88. The Morgan fingerprint density at radius 3 is 1.36 bits per heavy atom. The van der Waals surface area contributed by atoms with Gasteiger partial charge in [-0.25, -0.2) is 0 Å². The summed E-state index contributed by atoms with van der Waals surface area (Å²) in [4.78, 5) is 0. The molecule has 3 aliphatic heterocycles. The van der Waals surface area contributed by atoms with E-state index in [0.29, 0.717) is 0 Å². The predicted molar refractivity (Wildman–Crippen MR) is 371 cm³/mol. The molecule has 4 aliphatic rings. The van der Waals surface area contributed by atoms with Gasteiger partial charge in [0.05, 0.1) is 22.1 Å². The first-order valence-corrected chi connectivity index (χ1v) is 31.9. The summed E-state index contributed by atoms with van der Waals surface area (Å²) in [6, 6.07) is 66.6. The molecule has 5 heterocycles. The van der Waals surface area contributed by atoms with Gasteiger partial charge < -0.3 is 9.13 Å². The van der Waals surface area contributed by atoms with Gasteiger partial charge in [0, 0.05) is 43.8 Å². The first-order chi connectivity index (χ1) is 40.4. The highest BCUT2D eigenvalue weighted by Crippen LogP contribution is 2.64. The van der Waals surface area contributed by atoms with E-state index < -0.39 is 5.41 Å². The zero-order valence-electron chi connectivity index (χ0n) is 54.1. The molecular formula is C83H81BN2. The van der Waals surface area contributed by atoms with E-state index in [1.54, 1.807) is 0 Å². The fourth-order valence-corrected chi connectivity index (χ4v) is 16.1. The molecule has 86 heavy (non-hydrogen) atoms. The maximum absolute atomic E-state index is 2.85. The van der Waals surface area contributed by atoms with E-state index in [4.69, 9.17) is 0 Å². The normalized spacial score (nSPS) is 14.9. The first-order valence-electron chi connectivity index (χ1n) is 31.9. The van der Waals surface area contributed by atoms with E-state index >= 15 is 0 Å².